The van der Waals surface area contributed by atoms with Gasteiger partial charge in [0, 0.05) is 17.0 Å². The third-order valence-corrected chi connectivity index (χ3v) is 3.11. The lowest BCUT2D eigenvalue weighted by atomic mass is 10.0. The van der Waals surface area contributed by atoms with Crippen LogP contribution in [0.25, 0.3) is 0 Å². The summed E-state index contributed by atoms with van der Waals surface area (Å²) in [7, 11) is 1.77. The van der Waals surface area contributed by atoms with Crippen LogP contribution in [0.15, 0.2) is 34.7 Å². The number of hydrogen-bond donors (Lipinski definition) is 1. The van der Waals surface area contributed by atoms with Crippen molar-refractivity contribution in [1.82, 2.24) is 5.32 Å². The van der Waals surface area contributed by atoms with Crippen molar-refractivity contribution in [2.24, 2.45) is 0 Å². The molecule has 2 aromatic rings. The summed E-state index contributed by atoms with van der Waals surface area (Å²) < 4.78 is 19.6. The number of hydrogen-bond acceptors (Lipinski definition) is 2. The lowest BCUT2D eigenvalue weighted by Gasteiger charge is -2.15. The van der Waals surface area contributed by atoms with Gasteiger partial charge in [0.05, 0.1) is 6.04 Å². The molecule has 0 radical (unpaired) electrons. The van der Waals surface area contributed by atoms with Crippen LogP contribution < -0.4 is 5.32 Å². The molecule has 0 spiro atoms. The van der Waals surface area contributed by atoms with Crippen molar-refractivity contribution in [2.45, 2.75) is 19.4 Å². The van der Waals surface area contributed by atoms with Crippen molar-refractivity contribution in [3.8, 4) is 0 Å². The van der Waals surface area contributed by atoms with Crippen molar-refractivity contribution < 1.29 is 8.81 Å². The van der Waals surface area contributed by atoms with Gasteiger partial charge >= 0.3 is 0 Å². The van der Waals surface area contributed by atoms with Crippen molar-refractivity contribution in [1.29, 1.82) is 0 Å². The Balaban J connectivity index is 2.38. The topological polar surface area (TPSA) is 25.2 Å². The normalized spacial score (nSPS) is 12.7. The Morgan fingerprint density at radius 1 is 1.33 bits per heavy atom. The molecule has 18 heavy (non-hydrogen) atoms. The Labute approximate surface area is 111 Å². The molecule has 0 saturated carbocycles. The van der Waals surface area contributed by atoms with E-state index in [-0.39, 0.29) is 11.9 Å². The van der Waals surface area contributed by atoms with E-state index in [9.17, 15) is 4.39 Å². The highest BCUT2D eigenvalue weighted by atomic mass is 35.5. The molecular formula is C14H15ClFNO. The molecule has 1 N–H and O–H groups in total. The monoisotopic (exact) mass is 267 g/mol. The first-order chi connectivity index (χ1) is 8.65. The van der Waals surface area contributed by atoms with Crippen molar-refractivity contribution in [2.75, 3.05) is 7.05 Å². The molecule has 1 aromatic heterocycles. The van der Waals surface area contributed by atoms with Crippen LogP contribution in [0.3, 0.4) is 0 Å². The summed E-state index contributed by atoms with van der Waals surface area (Å²) >= 11 is 5.75. The molecule has 1 aromatic carbocycles. The fraction of sp³-hybridized carbons (Fsp3) is 0.286. The van der Waals surface area contributed by atoms with E-state index in [2.05, 4.69) is 5.32 Å². The molecule has 1 atom stereocenters. The van der Waals surface area contributed by atoms with Crippen molar-refractivity contribution in [3.05, 3.63) is 58.3 Å². The zero-order valence-electron chi connectivity index (χ0n) is 10.3. The highest BCUT2D eigenvalue weighted by Gasteiger charge is 2.19. The maximum atomic E-state index is 13.9. The molecule has 1 unspecified atom stereocenters. The number of halogens is 2. The van der Waals surface area contributed by atoms with E-state index in [0.29, 0.717) is 16.3 Å². The fourth-order valence-corrected chi connectivity index (χ4v) is 2.09. The molecular weight excluding hydrogens is 253 g/mol. The van der Waals surface area contributed by atoms with Gasteiger partial charge in [0.15, 0.2) is 0 Å². The van der Waals surface area contributed by atoms with Gasteiger partial charge in [-0.3, -0.25) is 0 Å². The third kappa shape index (κ3) is 2.57. The van der Waals surface area contributed by atoms with Crippen LogP contribution in [0, 0.1) is 5.82 Å². The van der Waals surface area contributed by atoms with Gasteiger partial charge in [0.1, 0.15) is 17.3 Å². The quantitative estimate of drug-likeness (QED) is 0.908. The minimum Gasteiger partial charge on any atom is -0.464 e. The van der Waals surface area contributed by atoms with E-state index in [1.165, 1.54) is 6.07 Å². The maximum Gasteiger partial charge on any atom is 0.129 e. The Morgan fingerprint density at radius 3 is 2.67 bits per heavy atom. The van der Waals surface area contributed by atoms with Gasteiger partial charge in [-0.1, -0.05) is 24.6 Å². The number of furan rings is 1. The van der Waals surface area contributed by atoms with Crippen LogP contribution in [0.2, 0.25) is 5.02 Å². The van der Waals surface area contributed by atoms with E-state index in [0.717, 1.165) is 12.2 Å². The van der Waals surface area contributed by atoms with E-state index in [1.54, 1.807) is 19.2 Å². The van der Waals surface area contributed by atoms with Gasteiger partial charge in [-0.15, -0.1) is 0 Å². The van der Waals surface area contributed by atoms with Gasteiger partial charge in [0.25, 0.3) is 0 Å². The van der Waals surface area contributed by atoms with Gasteiger partial charge in [-0.05, 0) is 31.3 Å². The minimum atomic E-state index is -0.337. The summed E-state index contributed by atoms with van der Waals surface area (Å²) in [6.07, 6.45) is 0.819. The van der Waals surface area contributed by atoms with Gasteiger partial charge in [-0.2, -0.15) is 0 Å². The molecule has 0 bridgehead atoms. The van der Waals surface area contributed by atoms with E-state index >= 15 is 0 Å². The van der Waals surface area contributed by atoms with Crippen LogP contribution in [0.5, 0.6) is 0 Å². The second-order valence-electron chi connectivity index (χ2n) is 4.05. The Morgan fingerprint density at radius 2 is 2.11 bits per heavy atom. The summed E-state index contributed by atoms with van der Waals surface area (Å²) in [5, 5.41) is 3.44. The molecule has 4 heteroatoms. The SMILES string of the molecule is CCc1ccc(C(NC)c2ccc(Cl)cc2F)o1. The first-order valence-corrected chi connectivity index (χ1v) is 6.24. The second kappa shape index (κ2) is 5.55. The number of aryl methyl sites for hydroxylation is 1. The van der Waals surface area contributed by atoms with Crippen LogP contribution in [0.1, 0.15) is 30.0 Å². The summed E-state index contributed by atoms with van der Waals surface area (Å²) in [4.78, 5) is 0. The Bertz CT molecular complexity index is 538. The third-order valence-electron chi connectivity index (χ3n) is 2.88. The molecule has 0 saturated heterocycles. The van der Waals surface area contributed by atoms with Crippen LogP contribution in [0.4, 0.5) is 4.39 Å². The predicted molar refractivity (Wildman–Crippen MR) is 70.4 cm³/mol. The zero-order chi connectivity index (χ0) is 13.1. The van der Waals surface area contributed by atoms with Crippen molar-refractivity contribution >= 4 is 11.6 Å². The fourth-order valence-electron chi connectivity index (χ4n) is 1.93. The van der Waals surface area contributed by atoms with Gasteiger partial charge in [-0.25, -0.2) is 4.39 Å². The molecule has 96 valence electrons. The van der Waals surface area contributed by atoms with Crippen LogP contribution >= 0.6 is 11.6 Å². The maximum absolute atomic E-state index is 13.9. The lowest BCUT2D eigenvalue weighted by Crippen LogP contribution is -2.18. The first-order valence-electron chi connectivity index (χ1n) is 5.86. The number of nitrogens with one attached hydrogen (secondary N) is 1. The van der Waals surface area contributed by atoms with Crippen LogP contribution in [-0.4, -0.2) is 7.05 Å². The molecule has 0 aliphatic carbocycles. The first kappa shape index (κ1) is 13.1. The summed E-state index contributed by atoms with van der Waals surface area (Å²) in [5.74, 6) is 1.26. The minimum absolute atomic E-state index is 0.303. The van der Waals surface area contributed by atoms with E-state index < -0.39 is 0 Å². The predicted octanol–water partition coefficient (Wildman–Crippen LogP) is 3.94. The van der Waals surface area contributed by atoms with E-state index in [4.69, 9.17) is 16.0 Å². The summed E-state index contributed by atoms with van der Waals surface area (Å²) in [6.45, 7) is 2.01. The molecule has 1 heterocycles. The Kier molecular flexibility index (Phi) is 4.04. The van der Waals surface area contributed by atoms with Gasteiger partial charge in [0.2, 0.25) is 0 Å². The molecule has 2 rings (SSSR count). The molecule has 0 fully saturated rings. The van der Waals surface area contributed by atoms with E-state index in [1.807, 2.05) is 19.1 Å². The lowest BCUT2D eigenvalue weighted by molar-refractivity contribution is 0.427. The molecule has 0 amide bonds. The number of benzene rings is 1. The highest BCUT2D eigenvalue weighted by molar-refractivity contribution is 6.30. The molecule has 0 aliphatic heterocycles. The van der Waals surface area contributed by atoms with Crippen LogP contribution in [-0.2, 0) is 6.42 Å². The summed E-state index contributed by atoms with van der Waals surface area (Å²) in [6, 6.07) is 8.13. The molecule has 2 nitrogen and oxygen atoms in total. The average Bonchev–Trinajstić information content (AvgIpc) is 2.81. The second-order valence-corrected chi connectivity index (χ2v) is 4.48. The standard InChI is InChI=1S/C14H15ClFNO/c1-3-10-5-7-13(18-10)14(17-2)11-6-4-9(15)8-12(11)16/h4-8,14,17H,3H2,1-2H3. The number of rotatable bonds is 4. The molecule has 0 aliphatic rings. The Hall–Kier alpha value is -1.32. The van der Waals surface area contributed by atoms with Gasteiger partial charge < -0.3 is 9.73 Å². The zero-order valence-corrected chi connectivity index (χ0v) is 11.1. The largest absolute Gasteiger partial charge is 0.464 e. The average molecular weight is 268 g/mol. The van der Waals surface area contributed by atoms with Crippen molar-refractivity contribution in [3.63, 3.8) is 0 Å². The smallest absolute Gasteiger partial charge is 0.129 e. The highest BCUT2D eigenvalue weighted by Crippen LogP contribution is 2.27. The summed E-state index contributed by atoms with van der Waals surface area (Å²) in [5.41, 5.74) is 0.527.